The van der Waals surface area contributed by atoms with Crippen LogP contribution in [-0.4, -0.2) is 18.5 Å². The van der Waals surface area contributed by atoms with Crippen molar-refractivity contribution >= 4 is 33.5 Å². The van der Waals surface area contributed by atoms with E-state index in [1.807, 2.05) is 0 Å². The highest BCUT2D eigenvalue weighted by Crippen LogP contribution is 2.16. The van der Waals surface area contributed by atoms with Crippen LogP contribution in [0.25, 0.3) is 0 Å². The average molecular weight is 380 g/mol. The van der Waals surface area contributed by atoms with Crippen LogP contribution < -0.4 is 5.32 Å². The Morgan fingerprint density at radius 1 is 1.13 bits per heavy atom. The van der Waals surface area contributed by atoms with E-state index in [0.29, 0.717) is 22.5 Å². The number of carbonyl (C=O) groups excluding carboxylic acids is 2. The van der Waals surface area contributed by atoms with Crippen molar-refractivity contribution in [2.45, 2.75) is 26.2 Å². The number of esters is 1. The van der Waals surface area contributed by atoms with Gasteiger partial charge in [0.2, 0.25) is 0 Å². The number of hydrogen-bond acceptors (Lipinski definition) is 4. The minimum absolute atomic E-state index is 0.205. The predicted octanol–water partition coefficient (Wildman–Crippen LogP) is 4.64. The third-order valence-corrected chi connectivity index (χ3v) is 3.58. The summed E-state index contributed by atoms with van der Waals surface area (Å²) in [4.78, 5) is 23.8. The van der Waals surface area contributed by atoms with Gasteiger partial charge >= 0.3 is 5.97 Å². The van der Waals surface area contributed by atoms with Gasteiger partial charge in [-0.1, -0.05) is 19.8 Å². The van der Waals surface area contributed by atoms with Crippen LogP contribution in [0, 0.1) is 0 Å². The molecule has 1 N–H and O–H groups in total. The zero-order chi connectivity index (χ0) is 16.7. The summed E-state index contributed by atoms with van der Waals surface area (Å²) < 4.78 is 10.8. The Kier molecular flexibility index (Phi) is 6.40. The van der Waals surface area contributed by atoms with E-state index in [9.17, 15) is 9.59 Å². The molecule has 0 radical (unpaired) electrons. The fourth-order valence-corrected chi connectivity index (χ4v) is 2.23. The molecule has 2 aromatic rings. The summed E-state index contributed by atoms with van der Waals surface area (Å²) in [5.74, 6) is -0.504. The second kappa shape index (κ2) is 8.53. The highest BCUT2D eigenvalue weighted by atomic mass is 79.9. The van der Waals surface area contributed by atoms with E-state index in [2.05, 4.69) is 28.2 Å². The normalized spacial score (nSPS) is 10.3. The van der Waals surface area contributed by atoms with Crippen LogP contribution in [0.1, 0.15) is 47.1 Å². The van der Waals surface area contributed by atoms with Gasteiger partial charge in [0.05, 0.1) is 12.2 Å². The molecule has 6 heteroatoms. The fraction of sp³-hybridized carbons (Fsp3) is 0.294. The van der Waals surface area contributed by atoms with Crippen molar-refractivity contribution in [3.63, 3.8) is 0 Å². The Morgan fingerprint density at radius 2 is 1.87 bits per heavy atom. The minimum Gasteiger partial charge on any atom is -0.462 e. The van der Waals surface area contributed by atoms with Crippen molar-refractivity contribution < 1.29 is 18.7 Å². The van der Waals surface area contributed by atoms with E-state index >= 15 is 0 Å². The van der Waals surface area contributed by atoms with E-state index in [1.165, 1.54) is 0 Å². The standard InChI is InChI=1S/C17H18BrNO4/c1-2-3-4-11-22-17(21)12-5-7-13(8-6-12)19-16(20)14-9-10-15(18)23-14/h5-10H,2-4,11H2,1H3,(H,19,20). The monoisotopic (exact) mass is 379 g/mol. The number of carbonyl (C=O) groups is 2. The lowest BCUT2D eigenvalue weighted by Crippen LogP contribution is -2.11. The second-order valence-corrected chi connectivity index (χ2v) is 5.76. The lowest BCUT2D eigenvalue weighted by Gasteiger charge is -2.06. The maximum Gasteiger partial charge on any atom is 0.338 e. The lowest BCUT2D eigenvalue weighted by molar-refractivity contribution is 0.0498. The smallest absolute Gasteiger partial charge is 0.338 e. The third kappa shape index (κ3) is 5.25. The van der Waals surface area contributed by atoms with Crippen LogP contribution in [0.5, 0.6) is 0 Å². The van der Waals surface area contributed by atoms with Gasteiger partial charge in [-0.05, 0) is 58.7 Å². The molecular weight excluding hydrogens is 362 g/mol. The molecule has 0 atom stereocenters. The molecule has 0 aliphatic heterocycles. The summed E-state index contributed by atoms with van der Waals surface area (Å²) >= 11 is 3.14. The molecule has 0 fully saturated rings. The molecule has 23 heavy (non-hydrogen) atoms. The summed E-state index contributed by atoms with van der Waals surface area (Å²) in [6.07, 6.45) is 2.99. The van der Waals surface area contributed by atoms with Crippen LogP contribution in [0.3, 0.4) is 0 Å². The molecule has 0 aliphatic rings. The quantitative estimate of drug-likeness (QED) is 0.561. The van der Waals surface area contributed by atoms with Gasteiger partial charge in [-0.3, -0.25) is 4.79 Å². The van der Waals surface area contributed by atoms with Crippen molar-refractivity contribution in [2.24, 2.45) is 0 Å². The van der Waals surface area contributed by atoms with Gasteiger partial charge in [0, 0.05) is 5.69 Å². The first kappa shape index (κ1) is 17.3. The SMILES string of the molecule is CCCCCOC(=O)c1ccc(NC(=O)c2ccc(Br)o2)cc1. The maximum absolute atomic E-state index is 11.9. The van der Waals surface area contributed by atoms with Gasteiger partial charge in [0.25, 0.3) is 5.91 Å². The molecule has 0 unspecified atom stereocenters. The number of unbranched alkanes of at least 4 members (excludes halogenated alkanes) is 2. The zero-order valence-corrected chi connectivity index (χ0v) is 14.4. The maximum atomic E-state index is 11.9. The second-order valence-electron chi connectivity index (χ2n) is 4.98. The molecule has 0 spiro atoms. The number of amides is 1. The van der Waals surface area contributed by atoms with Gasteiger partial charge < -0.3 is 14.5 Å². The van der Waals surface area contributed by atoms with Crippen LogP contribution in [-0.2, 0) is 4.74 Å². The fourth-order valence-electron chi connectivity index (χ4n) is 1.92. The zero-order valence-electron chi connectivity index (χ0n) is 12.8. The number of nitrogens with one attached hydrogen (secondary N) is 1. The Balaban J connectivity index is 1.89. The summed E-state index contributed by atoms with van der Waals surface area (Å²) in [5.41, 5.74) is 1.03. The van der Waals surface area contributed by atoms with E-state index in [1.54, 1.807) is 36.4 Å². The Labute approximate surface area is 143 Å². The van der Waals surface area contributed by atoms with E-state index < -0.39 is 0 Å². The number of hydrogen-bond donors (Lipinski definition) is 1. The van der Waals surface area contributed by atoms with Crippen molar-refractivity contribution in [3.05, 3.63) is 52.4 Å². The predicted molar refractivity (Wildman–Crippen MR) is 90.6 cm³/mol. The Hall–Kier alpha value is -2.08. The number of furan rings is 1. The average Bonchev–Trinajstić information content (AvgIpc) is 2.99. The molecule has 2 rings (SSSR count). The summed E-state index contributed by atoms with van der Waals surface area (Å²) in [6.45, 7) is 2.52. The third-order valence-electron chi connectivity index (χ3n) is 3.16. The summed E-state index contributed by atoms with van der Waals surface area (Å²) in [6, 6.07) is 9.76. The minimum atomic E-state index is -0.356. The molecule has 0 saturated heterocycles. The molecule has 122 valence electrons. The molecule has 1 amide bonds. The van der Waals surface area contributed by atoms with Crippen LogP contribution in [0.4, 0.5) is 5.69 Å². The number of benzene rings is 1. The van der Waals surface area contributed by atoms with E-state index in [-0.39, 0.29) is 17.6 Å². The molecule has 0 saturated carbocycles. The van der Waals surface area contributed by atoms with Gasteiger partial charge in [-0.25, -0.2) is 4.79 Å². The molecule has 0 aliphatic carbocycles. The van der Waals surface area contributed by atoms with Gasteiger partial charge in [0.1, 0.15) is 0 Å². The highest BCUT2D eigenvalue weighted by Gasteiger charge is 2.11. The molecular formula is C17H18BrNO4. The topological polar surface area (TPSA) is 68.5 Å². The summed E-state index contributed by atoms with van der Waals surface area (Å²) in [7, 11) is 0. The largest absolute Gasteiger partial charge is 0.462 e. The first-order chi connectivity index (χ1) is 11.1. The Bertz CT molecular complexity index is 663. The first-order valence-electron chi connectivity index (χ1n) is 7.44. The molecule has 0 bridgehead atoms. The molecule has 1 aromatic heterocycles. The van der Waals surface area contributed by atoms with Crippen molar-refractivity contribution in [1.29, 1.82) is 0 Å². The number of halogens is 1. The first-order valence-corrected chi connectivity index (χ1v) is 8.23. The Morgan fingerprint density at radius 3 is 2.48 bits per heavy atom. The van der Waals surface area contributed by atoms with Crippen molar-refractivity contribution in [3.8, 4) is 0 Å². The van der Waals surface area contributed by atoms with Gasteiger partial charge in [-0.2, -0.15) is 0 Å². The van der Waals surface area contributed by atoms with Crippen molar-refractivity contribution in [2.75, 3.05) is 11.9 Å². The van der Waals surface area contributed by atoms with Gasteiger partial charge in [0.15, 0.2) is 10.4 Å². The number of ether oxygens (including phenoxy) is 1. The molecule has 1 aromatic carbocycles. The summed E-state index contributed by atoms with van der Waals surface area (Å²) in [5, 5.41) is 2.69. The number of rotatable bonds is 7. The highest BCUT2D eigenvalue weighted by molar-refractivity contribution is 9.10. The van der Waals surface area contributed by atoms with Crippen LogP contribution >= 0.6 is 15.9 Å². The van der Waals surface area contributed by atoms with E-state index in [4.69, 9.17) is 9.15 Å². The molecule has 5 nitrogen and oxygen atoms in total. The lowest BCUT2D eigenvalue weighted by atomic mass is 10.2. The van der Waals surface area contributed by atoms with Crippen LogP contribution in [0.15, 0.2) is 45.5 Å². The van der Waals surface area contributed by atoms with Gasteiger partial charge in [-0.15, -0.1) is 0 Å². The molecule has 1 heterocycles. The van der Waals surface area contributed by atoms with Crippen LogP contribution in [0.2, 0.25) is 0 Å². The van der Waals surface area contributed by atoms with E-state index in [0.717, 1.165) is 19.3 Å². The van der Waals surface area contributed by atoms with Crippen molar-refractivity contribution in [1.82, 2.24) is 0 Å². The number of anilines is 1.